The Labute approximate surface area is 151 Å². The second-order valence-corrected chi connectivity index (χ2v) is 6.02. The average Bonchev–Trinajstić information content (AvgIpc) is 2.96. The number of hydrogen-bond acceptors (Lipinski definition) is 3. The van der Waals surface area contributed by atoms with Crippen molar-refractivity contribution in [1.82, 2.24) is 4.57 Å². The summed E-state index contributed by atoms with van der Waals surface area (Å²) in [4.78, 5) is 23.0. The summed E-state index contributed by atoms with van der Waals surface area (Å²) in [6.07, 6.45) is 2.07. The van der Waals surface area contributed by atoms with Gasteiger partial charge in [0, 0.05) is 19.3 Å². The molecule has 0 saturated carbocycles. The van der Waals surface area contributed by atoms with Gasteiger partial charge < -0.3 is 9.88 Å². The SMILES string of the molecule is O=CC(=O)c1c(Cl)c(NCc2ccccc2)cn1Cc1ccccc1. The molecule has 1 N–H and O–H groups in total. The van der Waals surface area contributed by atoms with Crippen molar-refractivity contribution in [3.8, 4) is 0 Å². The zero-order valence-corrected chi connectivity index (χ0v) is 14.2. The summed E-state index contributed by atoms with van der Waals surface area (Å²) >= 11 is 6.37. The number of rotatable bonds is 7. The first-order valence-corrected chi connectivity index (χ1v) is 8.26. The number of benzene rings is 2. The molecule has 0 spiro atoms. The third-order valence-corrected chi connectivity index (χ3v) is 4.26. The minimum atomic E-state index is -0.631. The molecule has 1 aromatic heterocycles. The van der Waals surface area contributed by atoms with Crippen LogP contribution in [0.25, 0.3) is 0 Å². The number of hydrogen-bond donors (Lipinski definition) is 1. The second-order valence-electron chi connectivity index (χ2n) is 5.64. The van der Waals surface area contributed by atoms with E-state index in [9.17, 15) is 9.59 Å². The van der Waals surface area contributed by atoms with E-state index in [1.165, 1.54) is 0 Å². The predicted octanol–water partition coefficient (Wildman–Crippen LogP) is 4.18. The second kappa shape index (κ2) is 7.81. The summed E-state index contributed by atoms with van der Waals surface area (Å²) in [6, 6.07) is 19.6. The fourth-order valence-electron chi connectivity index (χ4n) is 2.66. The van der Waals surface area contributed by atoms with Crippen LogP contribution in [0, 0.1) is 0 Å². The number of nitrogens with one attached hydrogen (secondary N) is 1. The number of Topliss-reactive ketones (excluding diaryl/α,β-unsaturated/α-hetero) is 1. The summed E-state index contributed by atoms with van der Waals surface area (Å²) < 4.78 is 1.71. The van der Waals surface area contributed by atoms with Crippen LogP contribution in [0.5, 0.6) is 0 Å². The van der Waals surface area contributed by atoms with Crippen molar-refractivity contribution in [2.75, 3.05) is 5.32 Å². The van der Waals surface area contributed by atoms with Crippen LogP contribution in [0.15, 0.2) is 66.9 Å². The monoisotopic (exact) mass is 352 g/mol. The first-order chi connectivity index (χ1) is 12.2. The number of ketones is 1. The maximum Gasteiger partial charge on any atom is 0.243 e. The molecule has 0 saturated heterocycles. The molecular formula is C20H17ClN2O2. The Hall–Kier alpha value is -2.85. The lowest BCUT2D eigenvalue weighted by atomic mass is 10.2. The molecule has 3 rings (SSSR count). The summed E-state index contributed by atoms with van der Waals surface area (Å²) in [5, 5.41) is 3.50. The van der Waals surface area contributed by atoms with E-state index in [0.717, 1.165) is 11.1 Å². The standard InChI is InChI=1S/C20H17ClN2O2/c21-19-17(22-11-15-7-3-1-4-8-15)13-23(20(19)18(25)14-24)12-16-9-5-2-6-10-16/h1-10,13-14,22H,11-12H2. The van der Waals surface area contributed by atoms with Crippen molar-refractivity contribution >= 4 is 29.4 Å². The van der Waals surface area contributed by atoms with Gasteiger partial charge in [-0.1, -0.05) is 72.3 Å². The van der Waals surface area contributed by atoms with Crippen LogP contribution in [0.3, 0.4) is 0 Å². The molecule has 0 bridgehead atoms. The first kappa shape index (κ1) is 17.0. The van der Waals surface area contributed by atoms with Crippen LogP contribution in [-0.2, 0) is 17.9 Å². The van der Waals surface area contributed by atoms with Crippen LogP contribution in [0.2, 0.25) is 5.02 Å². The maximum atomic E-state index is 12.0. The highest BCUT2D eigenvalue weighted by Gasteiger charge is 2.20. The molecule has 0 radical (unpaired) electrons. The Kier molecular flexibility index (Phi) is 5.31. The lowest BCUT2D eigenvalue weighted by molar-refractivity contribution is -0.104. The summed E-state index contributed by atoms with van der Waals surface area (Å²) in [5.74, 6) is -0.631. The third kappa shape index (κ3) is 3.98. The fourth-order valence-corrected chi connectivity index (χ4v) is 2.97. The van der Waals surface area contributed by atoms with E-state index < -0.39 is 5.78 Å². The molecule has 0 amide bonds. The summed E-state index contributed by atoms with van der Waals surface area (Å²) in [5.41, 5.74) is 2.95. The highest BCUT2D eigenvalue weighted by molar-refractivity contribution is 6.42. The van der Waals surface area contributed by atoms with Crippen LogP contribution in [-0.4, -0.2) is 16.6 Å². The number of carbonyl (C=O) groups excluding carboxylic acids is 2. The number of aldehydes is 1. The van der Waals surface area contributed by atoms with Crippen LogP contribution < -0.4 is 5.32 Å². The van der Waals surface area contributed by atoms with Gasteiger partial charge in [0.15, 0.2) is 6.29 Å². The van der Waals surface area contributed by atoms with Crippen molar-refractivity contribution in [3.63, 3.8) is 0 Å². The number of aromatic nitrogens is 1. The number of carbonyl (C=O) groups is 2. The van der Waals surface area contributed by atoms with Gasteiger partial charge in [-0.3, -0.25) is 9.59 Å². The van der Waals surface area contributed by atoms with Crippen LogP contribution in [0.4, 0.5) is 5.69 Å². The first-order valence-electron chi connectivity index (χ1n) is 7.89. The number of nitrogens with zero attached hydrogens (tertiary/aromatic N) is 1. The third-order valence-electron chi connectivity index (χ3n) is 3.88. The topological polar surface area (TPSA) is 51.1 Å². The van der Waals surface area contributed by atoms with Crippen LogP contribution in [0.1, 0.15) is 21.6 Å². The molecule has 0 fully saturated rings. The van der Waals surface area contributed by atoms with Gasteiger partial charge in [-0.05, 0) is 11.1 Å². The minimum Gasteiger partial charge on any atom is -0.379 e. The van der Waals surface area contributed by atoms with Gasteiger partial charge in [0.05, 0.1) is 10.7 Å². The van der Waals surface area contributed by atoms with Gasteiger partial charge in [-0.15, -0.1) is 0 Å². The molecule has 0 atom stereocenters. The average molecular weight is 353 g/mol. The molecule has 25 heavy (non-hydrogen) atoms. The summed E-state index contributed by atoms with van der Waals surface area (Å²) in [7, 11) is 0. The van der Waals surface area contributed by atoms with E-state index in [2.05, 4.69) is 5.32 Å². The molecule has 0 unspecified atom stereocenters. The van der Waals surface area contributed by atoms with Crippen molar-refractivity contribution in [2.24, 2.45) is 0 Å². The van der Waals surface area contributed by atoms with Gasteiger partial charge in [-0.25, -0.2) is 0 Å². The van der Waals surface area contributed by atoms with E-state index in [0.29, 0.717) is 25.1 Å². The van der Waals surface area contributed by atoms with Crippen molar-refractivity contribution in [3.05, 3.63) is 88.7 Å². The highest BCUT2D eigenvalue weighted by Crippen LogP contribution is 2.29. The van der Waals surface area contributed by atoms with Crippen molar-refractivity contribution in [1.29, 1.82) is 0 Å². The molecule has 4 nitrogen and oxygen atoms in total. The molecule has 2 aromatic carbocycles. The number of anilines is 1. The lowest BCUT2D eigenvalue weighted by Crippen LogP contribution is -2.10. The molecule has 0 aliphatic carbocycles. The van der Waals surface area contributed by atoms with Crippen LogP contribution >= 0.6 is 11.6 Å². The smallest absolute Gasteiger partial charge is 0.243 e. The van der Waals surface area contributed by atoms with E-state index in [-0.39, 0.29) is 10.7 Å². The van der Waals surface area contributed by atoms with Gasteiger partial charge in [0.25, 0.3) is 0 Å². The van der Waals surface area contributed by atoms with E-state index in [4.69, 9.17) is 11.6 Å². The Morgan fingerprint density at radius 3 is 2.20 bits per heavy atom. The van der Waals surface area contributed by atoms with Crippen molar-refractivity contribution < 1.29 is 9.59 Å². The van der Waals surface area contributed by atoms with Crippen molar-refractivity contribution in [2.45, 2.75) is 13.1 Å². The molecule has 3 aromatic rings. The Bertz CT molecular complexity index is 873. The molecule has 5 heteroatoms. The predicted molar refractivity (Wildman–Crippen MR) is 99.1 cm³/mol. The Morgan fingerprint density at radius 2 is 1.60 bits per heavy atom. The molecule has 0 aliphatic rings. The normalized spacial score (nSPS) is 10.4. The van der Waals surface area contributed by atoms with E-state index in [1.54, 1.807) is 10.8 Å². The zero-order chi connectivity index (χ0) is 17.6. The van der Waals surface area contributed by atoms with Gasteiger partial charge in [-0.2, -0.15) is 0 Å². The molecule has 0 aliphatic heterocycles. The molecule has 126 valence electrons. The summed E-state index contributed by atoms with van der Waals surface area (Å²) in [6.45, 7) is 1.03. The maximum absolute atomic E-state index is 12.0. The Balaban J connectivity index is 1.88. The minimum absolute atomic E-state index is 0.205. The zero-order valence-electron chi connectivity index (χ0n) is 13.5. The van der Waals surface area contributed by atoms with Gasteiger partial charge >= 0.3 is 0 Å². The highest BCUT2D eigenvalue weighted by atomic mass is 35.5. The quantitative estimate of drug-likeness (QED) is 0.394. The lowest BCUT2D eigenvalue weighted by Gasteiger charge is -2.06. The molecular weight excluding hydrogens is 336 g/mol. The fraction of sp³-hybridized carbons (Fsp3) is 0.100. The van der Waals surface area contributed by atoms with Gasteiger partial charge in [0.1, 0.15) is 5.69 Å². The number of halogens is 1. The molecule has 1 heterocycles. The van der Waals surface area contributed by atoms with E-state index in [1.807, 2.05) is 60.7 Å². The van der Waals surface area contributed by atoms with Gasteiger partial charge in [0.2, 0.25) is 5.78 Å². The van der Waals surface area contributed by atoms with E-state index >= 15 is 0 Å². The Morgan fingerprint density at radius 1 is 1.00 bits per heavy atom. The largest absolute Gasteiger partial charge is 0.379 e.